The molecule has 2 amide bonds. The molecule has 2 rings (SSSR count). The standard InChI is InChI=1S/C17H22BrNO3/c18-11-7-2-1-6-10-16(20)19-15(13-22-17(19)21)12-14-8-4-3-5-9-14/h3-5,8-9,15H,1-2,6-7,10-13H2/t15-/m0/s1. The summed E-state index contributed by atoms with van der Waals surface area (Å²) in [6, 6.07) is 9.71. The van der Waals surface area contributed by atoms with E-state index in [4.69, 9.17) is 4.74 Å². The quantitative estimate of drug-likeness (QED) is 0.516. The van der Waals surface area contributed by atoms with Gasteiger partial charge in [-0.1, -0.05) is 59.1 Å². The van der Waals surface area contributed by atoms with Crippen LogP contribution in [0.5, 0.6) is 0 Å². The van der Waals surface area contributed by atoms with Crippen molar-refractivity contribution in [3.05, 3.63) is 35.9 Å². The van der Waals surface area contributed by atoms with Crippen molar-refractivity contribution in [2.45, 2.75) is 44.6 Å². The number of carbonyl (C=O) groups excluding carboxylic acids is 2. The number of halogens is 1. The van der Waals surface area contributed by atoms with Crippen LogP contribution in [-0.2, 0) is 16.0 Å². The first kappa shape index (κ1) is 17.0. The Hall–Kier alpha value is -1.36. The van der Waals surface area contributed by atoms with E-state index in [0.717, 1.165) is 36.6 Å². The lowest BCUT2D eigenvalue weighted by molar-refractivity contribution is -0.129. The van der Waals surface area contributed by atoms with E-state index in [1.54, 1.807) is 0 Å². The topological polar surface area (TPSA) is 46.6 Å². The van der Waals surface area contributed by atoms with Crippen molar-refractivity contribution in [3.63, 3.8) is 0 Å². The van der Waals surface area contributed by atoms with Gasteiger partial charge in [-0.25, -0.2) is 9.69 Å². The molecule has 0 aromatic heterocycles. The zero-order chi connectivity index (χ0) is 15.8. The summed E-state index contributed by atoms with van der Waals surface area (Å²) in [6.45, 7) is 0.295. The molecule has 1 aromatic carbocycles. The number of benzene rings is 1. The van der Waals surface area contributed by atoms with Gasteiger partial charge >= 0.3 is 6.09 Å². The van der Waals surface area contributed by atoms with Gasteiger partial charge in [0.15, 0.2) is 0 Å². The van der Waals surface area contributed by atoms with E-state index in [2.05, 4.69) is 15.9 Å². The average Bonchev–Trinajstić information content (AvgIpc) is 2.88. The molecule has 1 aliphatic rings. The molecule has 0 saturated carbocycles. The van der Waals surface area contributed by atoms with Crippen LogP contribution in [0.1, 0.15) is 37.7 Å². The highest BCUT2D eigenvalue weighted by molar-refractivity contribution is 9.09. The van der Waals surface area contributed by atoms with E-state index >= 15 is 0 Å². The molecular weight excluding hydrogens is 346 g/mol. The van der Waals surface area contributed by atoms with Gasteiger partial charge in [-0.15, -0.1) is 0 Å². The zero-order valence-corrected chi connectivity index (χ0v) is 14.3. The summed E-state index contributed by atoms with van der Waals surface area (Å²) in [5.74, 6) is -0.109. The first-order chi connectivity index (χ1) is 10.7. The molecule has 0 unspecified atom stereocenters. The molecule has 0 radical (unpaired) electrons. The van der Waals surface area contributed by atoms with Gasteiger partial charge in [0, 0.05) is 11.8 Å². The zero-order valence-electron chi connectivity index (χ0n) is 12.7. The van der Waals surface area contributed by atoms with Crippen LogP contribution in [0, 0.1) is 0 Å². The maximum atomic E-state index is 12.3. The van der Waals surface area contributed by atoms with Crippen LogP contribution >= 0.6 is 15.9 Å². The van der Waals surface area contributed by atoms with E-state index in [1.807, 2.05) is 30.3 Å². The van der Waals surface area contributed by atoms with Gasteiger partial charge in [0.2, 0.25) is 5.91 Å². The molecule has 1 aliphatic heterocycles. The Labute approximate surface area is 140 Å². The summed E-state index contributed by atoms with van der Waals surface area (Å²) in [6.07, 6.45) is 4.65. The fourth-order valence-corrected chi connectivity index (χ4v) is 3.04. The van der Waals surface area contributed by atoms with Crippen LogP contribution in [0.4, 0.5) is 4.79 Å². The molecule has 0 aliphatic carbocycles. The van der Waals surface area contributed by atoms with Gasteiger partial charge in [-0.05, 0) is 24.8 Å². The van der Waals surface area contributed by atoms with Gasteiger partial charge in [-0.3, -0.25) is 4.79 Å². The minimum Gasteiger partial charge on any atom is -0.447 e. The second-order valence-corrected chi connectivity index (χ2v) is 6.33. The predicted octanol–water partition coefficient (Wildman–Crippen LogP) is 3.92. The Morgan fingerprint density at radius 2 is 1.91 bits per heavy atom. The number of cyclic esters (lactones) is 1. The second-order valence-electron chi connectivity index (χ2n) is 5.54. The van der Waals surface area contributed by atoms with Crippen molar-refractivity contribution in [2.24, 2.45) is 0 Å². The largest absolute Gasteiger partial charge is 0.447 e. The summed E-state index contributed by atoms with van der Waals surface area (Å²) in [7, 11) is 0. The molecule has 5 heteroatoms. The van der Waals surface area contributed by atoms with Gasteiger partial charge in [0.25, 0.3) is 0 Å². The number of imide groups is 1. The van der Waals surface area contributed by atoms with Crippen LogP contribution in [0.2, 0.25) is 0 Å². The number of hydrogen-bond donors (Lipinski definition) is 0. The number of nitrogens with zero attached hydrogens (tertiary/aromatic N) is 1. The minimum atomic E-state index is -0.494. The highest BCUT2D eigenvalue weighted by atomic mass is 79.9. The summed E-state index contributed by atoms with van der Waals surface area (Å²) in [4.78, 5) is 25.5. The van der Waals surface area contributed by atoms with Gasteiger partial charge in [-0.2, -0.15) is 0 Å². The van der Waals surface area contributed by atoms with Gasteiger partial charge < -0.3 is 4.74 Å². The fourth-order valence-electron chi connectivity index (χ4n) is 2.65. The summed E-state index contributed by atoms with van der Waals surface area (Å²) in [5, 5.41) is 0.999. The number of hydrogen-bond acceptors (Lipinski definition) is 3. The number of rotatable bonds is 8. The molecule has 0 N–H and O–H groups in total. The lowest BCUT2D eigenvalue weighted by atomic mass is 10.1. The van der Waals surface area contributed by atoms with E-state index < -0.39 is 6.09 Å². The number of amides is 2. The van der Waals surface area contributed by atoms with Crippen LogP contribution < -0.4 is 0 Å². The summed E-state index contributed by atoms with van der Waals surface area (Å²) >= 11 is 3.40. The molecule has 1 atom stereocenters. The minimum absolute atomic E-state index is 0.109. The lowest BCUT2D eigenvalue weighted by Gasteiger charge is -2.19. The molecule has 1 saturated heterocycles. The number of carbonyl (C=O) groups is 2. The summed E-state index contributed by atoms with van der Waals surface area (Å²) in [5.41, 5.74) is 1.11. The van der Waals surface area contributed by atoms with Gasteiger partial charge in [0.05, 0.1) is 6.04 Å². The van der Waals surface area contributed by atoms with Crippen molar-refractivity contribution in [3.8, 4) is 0 Å². The number of unbranched alkanes of at least 4 members (excludes halogenated alkanes) is 3. The molecule has 0 spiro atoms. The molecule has 1 fully saturated rings. The van der Waals surface area contributed by atoms with Crippen molar-refractivity contribution < 1.29 is 14.3 Å². The highest BCUT2D eigenvalue weighted by Gasteiger charge is 2.37. The number of alkyl halides is 1. The Balaban J connectivity index is 1.86. The normalized spacial score (nSPS) is 17.6. The average molecular weight is 368 g/mol. The first-order valence-electron chi connectivity index (χ1n) is 7.81. The molecule has 22 heavy (non-hydrogen) atoms. The Kier molecular flexibility index (Phi) is 6.90. The van der Waals surface area contributed by atoms with Crippen LogP contribution in [0.3, 0.4) is 0 Å². The molecule has 0 bridgehead atoms. The second kappa shape index (κ2) is 8.93. The lowest BCUT2D eigenvalue weighted by Crippen LogP contribution is -2.40. The Morgan fingerprint density at radius 3 is 2.64 bits per heavy atom. The smallest absolute Gasteiger partial charge is 0.416 e. The maximum Gasteiger partial charge on any atom is 0.416 e. The maximum absolute atomic E-state index is 12.3. The van der Waals surface area contributed by atoms with E-state index in [0.29, 0.717) is 19.4 Å². The molecule has 1 heterocycles. The fraction of sp³-hybridized carbons (Fsp3) is 0.529. The third-order valence-corrected chi connectivity index (χ3v) is 4.38. The van der Waals surface area contributed by atoms with Crippen LogP contribution in [-0.4, -0.2) is 34.9 Å². The Bertz CT molecular complexity index is 492. The van der Waals surface area contributed by atoms with Gasteiger partial charge in [0.1, 0.15) is 6.61 Å². The third-order valence-electron chi connectivity index (χ3n) is 3.82. The van der Waals surface area contributed by atoms with Crippen molar-refractivity contribution in [1.82, 2.24) is 4.90 Å². The molecule has 120 valence electrons. The molecular formula is C17H22BrNO3. The highest BCUT2D eigenvalue weighted by Crippen LogP contribution is 2.19. The monoisotopic (exact) mass is 367 g/mol. The first-order valence-corrected chi connectivity index (χ1v) is 8.93. The SMILES string of the molecule is O=C(CCCCCCBr)N1C(=O)OC[C@@H]1Cc1ccccc1. The molecule has 1 aromatic rings. The van der Waals surface area contributed by atoms with Crippen molar-refractivity contribution >= 4 is 27.9 Å². The van der Waals surface area contributed by atoms with E-state index in [9.17, 15) is 9.59 Å². The molecule has 4 nitrogen and oxygen atoms in total. The third kappa shape index (κ3) is 4.83. The van der Waals surface area contributed by atoms with Crippen LogP contribution in [0.15, 0.2) is 30.3 Å². The Morgan fingerprint density at radius 1 is 1.18 bits per heavy atom. The predicted molar refractivity (Wildman–Crippen MR) is 89.0 cm³/mol. The van der Waals surface area contributed by atoms with Crippen molar-refractivity contribution in [1.29, 1.82) is 0 Å². The van der Waals surface area contributed by atoms with Crippen LogP contribution in [0.25, 0.3) is 0 Å². The van der Waals surface area contributed by atoms with E-state index in [-0.39, 0.29) is 11.9 Å². The van der Waals surface area contributed by atoms with Crippen molar-refractivity contribution in [2.75, 3.05) is 11.9 Å². The summed E-state index contributed by atoms with van der Waals surface area (Å²) < 4.78 is 5.08. The number of ether oxygens (including phenoxy) is 1. The van der Waals surface area contributed by atoms with E-state index in [1.165, 1.54) is 4.90 Å².